The highest BCUT2D eigenvalue weighted by molar-refractivity contribution is 6.00. The van der Waals surface area contributed by atoms with Gasteiger partial charge in [-0.3, -0.25) is 9.59 Å². The maximum atomic E-state index is 13.0. The van der Waals surface area contributed by atoms with Crippen molar-refractivity contribution in [1.29, 1.82) is 0 Å². The molecule has 0 spiro atoms. The summed E-state index contributed by atoms with van der Waals surface area (Å²) in [5, 5.41) is 0. The number of hydrogen-bond acceptors (Lipinski definition) is 3. The largest absolute Gasteiger partial charge is 0.459 e. The molecule has 154 valence electrons. The molecule has 0 aliphatic carbocycles. The number of benzene rings is 2. The van der Waals surface area contributed by atoms with E-state index in [-0.39, 0.29) is 18.9 Å². The molecule has 0 fully saturated rings. The Balaban J connectivity index is 1.95. The number of esters is 1. The standard InChI is InChI=1S/C22H22F3NO3/c1-21(2,3)29-20(28)13-26-18-12-16(8-7-14(18)9-10-19(26)27)15-5-4-6-17(11-15)22(23,24)25/h4-8,11-12H,9-10,13H2,1-3H3. The fourth-order valence-corrected chi connectivity index (χ4v) is 3.27. The normalized spacial score (nSPS) is 14.6. The van der Waals surface area contributed by atoms with Gasteiger partial charge in [-0.15, -0.1) is 0 Å². The van der Waals surface area contributed by atoms with Crippen molar-refractivity contribution in [3.63, 3.8) is 0 Å². The molecule has 0 aromatic heterocycles. The van der Waals surface area contributed by atoms with Crippen LogP contribution in [0.2, 0.25) is 0 Å². The Morgan fingerprint density at radius 3 is 2.38 bits per heavy atom. The predicted molar refractivity (Wildman–Crippen MR) is 103 cm³/mol. The highest BCUT2D eigenvalue weighted by Gasteiger charge is 2.31. The van der Waals surface area contributed by atoms with Crippen LogP contribution in [0.4, 0.5) is 18.9 Å². The molecule has 4 nitrogen and oxygen atoms in total. The first-order chi connectivity index (χ1) is 13.4. The number of ether oxygens (including phenoxy) is 1. The van der Waals surface area contributed by atoms with E-state index in [2.05, 4.69) is 0 Å². The number of amides is 1. The summed E-state index contributed by atoms with van der Waals surface area (Å²) >= 11 is 0. The average Bonchev–Trinajstić information content (AvgIpc) is 2.61. The molecule has 0 bridgehead atoms. The zero-order valence-electron chi connectivity index (χ0n) is 16.5. The number of halogens is 3. The highest BCUT2D eigenvalue weighted by atomic mass is 19.4. The van der Waals surface area contributed by atoms with E-state index in [9.17, 15) is 22.8 Å². The summed E-state index contributed by atoms with van der Waals surface area (Å²) in [6, 6.07) is 10.2. The quantitative estimate of drug-likeness (QED) is 0.676. The lowest BCUT2D eigenvalue weighted by Crippen LogP contribution is -2.41. The van der Waals surface area contributed by atoms with Crippen molar-refractivity contribution in [1.82, 2.24) is 0 Å². The Kier molecular flexibility index (Phi) is 5.43. The molecule has 0 radical (unpaired) electrons. The van der Waals surface area contributed by atoms with E-state index in [0.717, 1.165) is 17.7 Å². The third kappa shape index (κ3) is 4.96. The van der Waals surface area contributed by atoms with Crippen LogP contribution in [0.15, 0.2) is 42.5 Å². The second kappa shape index (κ2) is 7.54. The molecule has 3 rings (SSSR count). The van der Waals surface area contributed by atoms with Crippen LogP contribution in [0.3, 0.4) is 0 Å². The summed E-state index contributed by atoms with van der Waals surface area (Å²) in [5.41, 5.74) is 0.899. The molecular weight excluding hydrogens is 383 g/mol. The maximum absolute atomic E-state index is 13.0. The van der Waals surface area contributed by atoms with Gasteiger partial charge in [0.1, 0.15) is 12.1 Å². The van der Waals surface area contributed by atoms with Gasteiger partial charge in [-0.05, 0) is 62.1 Å². The van der Waals surface area contributed by atoms with Crippen molar-refractivity contribution in [3.05, 3.63) is 53.6 Å². The third-order valence-corrected chi connectivity index (χ3v) is 4.52. The molecule has 0 N–H and O–H groups in total. The van der Waals surface area contributed by atoms with Crippen LogP contribution in [0.5, 0.6) is 0 Å². The van der Waals surface area contributed by atoms with E-state index in [1.54, 1.807) is 45.0 Å². The van der Waals surface area contributed by atoms with Crippen LogP contribution in [-0.2, 0) is 26.9 Å². The highest BCUT2D eigenvalue weighted by Crippen LogP contribution is 2.35. The summed E-state index contributed by atoms with van der Waals surface area (Å²) in [6.07, 6.45) is -3.66. The molecule has 1 heterocycles. The number of aryl methyl sites for hydroxylation is 1. The molecule has 0 saturated heterocycles. The van der Waals surface area contributed by atoms with Crippen LogP contribution in [-0.4, -0.2) is 24.0 Å². The Hall–Kier alpha value is -2.83. The molecule has 2 aromatic rings. The van der Waals surface area contributed by atoms with Gasteiger partial charge in [-0.1, -0.05) is 24.3 Å². The number of carbonyl (C=O) groups is 2. The van der Waals surface area contributed by atoms with Crippen molar-refractivity contribution in [3.8, 4) is 11.1 Å². The van der Waals surface area contributed by atoms with Crippen LogP contribution < -0.4 is 4.90 Å². The second-order valence-electron chi connectivity index (χ2n) is 7.99. The first-order valence-corrected chi connectivity index (χ1v) is 9.27. The zero-order valence-corrected chi connectivity index (χ0v) is 16.5. The van der Waals surface area contributed by atoms with Crippen LogP contribution in [0.25, 0.3) is 11.1 Å². The summed E-state index contributed by atoms with van der Waals surface area (Å²) in [5.74, 6) is -0.757. The Morgan fingerprint density at radius 2 is 1.72 bits per heavy atom. The lowest BCUT2D eigenvalue weighted by atomic mass is 9.95. The van der Waals surface area contributed by atoms with Gasteiger partial charge in [-0.25, -0.2) is 0 Å². The van der Waals surface area contributed by atoms with E-state index in [0.29, 0.717) is 23.2 Å². The second-order valence-corrected chi connectivity index (χ2v) is 7.99. The maximum Gasteiger partial charge on any atom is 0.416 e. The molecular formula is C22H22F3NO3. The topological polar surface area (TPSA) is 46.6 Å². The minimum atomic E-state index is -4.44. The van der Waals surface area contributed by atoms with Gasteiger partial charge in [0.25, 0.3) is 0 Å². The van der Waals surface area contributed by atoms with Gasteiger partial charge in [0.15, 0.2) is 0 Å². The average molecular weight is 405 g/mol. The van der Waals surface area contributed by atoms with Gasteiger partial charge in [0.2, 0.25) is 5.91 Å². The van der Waals surface area contributed by atoms with Gasteiger partial charge >= 0.3 is 12.1 Å². The number of nitrogens with zero attached hydrogens (tertiary/aromatic N) is 1. The van der Waals surface area contributed by atoms with Crippen molar-refractivity contribution in [2.75, 3.05) is 11.4 Å². The molecule has 2 aromatic carbocycles. The number of alkyl halides is 3. The molecule has 1 aliphatic heterocycles. The first kappa shape index (κ1) is 20.9. The minimum Gasteiger partial charge on any atom is -0.459 e. The number of hydrogen-bond donors (Lipinski definition) is 0. The van der Waals surface area contributed by atoms with Crippen molar-refractivity contribution in [2.24, 2.45) is 0 Å². The first-order valence-electron chi connectivity index (χ1n) is 9.27. The molecule has 0 atom stereocenters. The van der Waals surface area contributed by atoms with Gasteiger partial charge in [0, 0.05) is 12.1 Å². The SMILES string of the molecule is CC(C)(C)OC(=O)CN1C(=O)CCc2ccc(-c3cccc(C(F)(F)F)c3)cc21. The van der Waals surface area contributed by atoms with Gasteiger partial charge < -0.3 is 9.64 Å². The van der Waals surface area contributed by atoms with E-state index in [1.165, 1.54) is 11.0 Å². The van der Waals surface area contributed by atoms with Gasteiger partial charge in [0.05, 0.1) is 5.56 Å². The van der Waals surface area contributed by atoms with Crippen LogP contribution in [0.1, 0.15) is 38.3 Å². The minimum absolute atomic E-state index is 0.218. The zero-order chi connectivity index (χ0) is 21.4. The molecule has 29 heavy (non-hydrogen) atoms. The third-order valence-electron chi connectivity index (χ3n) is 4.52. The van der Waals surface area contributed by atoms with Crippen molar-refractivity contribution < 1.29 is 27.5 Å². The predicted octanol–water partition coefficient (Wildman–Crippen LogP) is 4.99. The number of carbonyl (C=O) groups excluding carboxylic acids is 2. The Morgan fingerprint density at radius 1 is 1.03 bits per heavy atom. The van der Waals surface area contributed by atoms with E-state index in [1.807, 2.05) is 0 Å². The lowest BCUT2D eigenvalue weighted by Gasteiger charge is -2.30. The molecule has 1 amide bonds. The Labute approximate surface area is 167 Å². The summed E-state index contributed by atoms with van der Waals surface area (Å²) < 4.78 is 44.4. The summed E-state index contributed by atoms with van der Waals surface area (Å²) in [6.45, 7) is 4.98. The van der Waals surface area contributed by atoms with Crippen LogP contribution in [0, 0.1) is 0 Å². The fraction of sp³-hybridized carbons (Fsp3) is 0.364. The van der Waals surface area contributed by atoms with E-state index >= 15 is 0 Å². The van der Waals surface area contributed by atoms with Gasteiger partial charge in [-0.2, -0.15) is 13.2 Å². The number of anilines is 1. The molecule has 0 saturated carbocycles. The number of rotatable bonds is 3. The summed E-state index contributed by atoms with van der Waals surface area (Å²) in [7, 11) is 0. The Bertz CT molecular complexity index is 945. The van der Waals surface area contributed by atoms with Crippen molar-refractivity contribution in [2.45, 2.75) is 45.4 Å². The number of fused-ring (bicyclic) bond motifs is 1. The lowest BCUT2D eigenvalue weighted by molar-refractivity contribution is -0.153. The van der Waals surface area contributed by atoms with E-state index in [4.69, 9.17) is 4.74 Å². The van der Waals surface area contributed by atoms with E-state index < -0.39 is 23.3 Å². The fourth-order valence-electron chi connectivity index (χ4n) is 3.27. The van der Waals surface area contributed by atoms with Crippen molar-refractivity contribution >= 4 is 17.6 Å². The smallest absolute Gasteiger partial charge is 0.416 e. The summed E-state index contributed by atoms with van der Waals surface area (Å²) in [4.78, 5) is 26.1. The molecule has 0 unspecified atom stereocenters. The monoisotopic (exact) mass is 405 g/mol. The van der Waals surface area contributed by atoms with Crippen LogP contribution >= 0.6 is 0 Å². The molecule has 7 heteroatoms. The molecule has 1 aliphatic rings.